The Kier molecular flexibility index (Phi) is 5.82. The number of carbonyl (C=O) groups is 2. The quantitative estimate of drug-likeness (QED) is 0.338. The van der Waals surface area contributed by atoms with Crippen molar-refractivity contribution in [1.82, 2.24) is 29.3 Å². The van der Waals surface area contributed by atoms with E-state index >= 15 is 0 Å². The summed E-state index contributed by atoms with van der Waals surface area (Å²) < 4.78 is 8.38. The SMILES string of the molecule is C=CC(=O)N1C[C@@H](n2nc(C#Cc3ccn4nccc4n3)c(C(N)=O)c2NC)C/C1=C\OC. The first kappa shape index (κ1) is 21.6. The van der Waals surface area contributed by atoms with Crippen molar-refractivity contribution in [3.05, 3.63) is 66.1 Å². The van der Waals surface area contributed by atoms with Crippen molar-refractivity contribution in [3.8, 4) is 11.8 Å². The summed E-state index contributed by atoms with van der Waals surface area (Å²) in [5.74, 6) is 5.35. The molecule has 33 heavy (non-hydrogen) atoms. The smallest absolute Gasteiger partial charge is 0.255 e. The van der Waals surface area contributed by atoms with Gasteiger partial charge in [0.15, 0.2) is 11.3 Å². The molecule has 0 aromatic carbocycles. The Bertz CT molecular complexity index is 1340. The first-order chi connectivity index (χ1) is 16.0. The topological polar surface area (TPSA) is 133 Å². The van der Waals surface area contributed by atoms with E-state index in [0.717, 1.165) is 0 Å². The summed E-state index contributed by atoms with van der Waals surface area (Å²) in [6.07, 6.45) is 6.59. The van der Waals surface area contributed by atoms with Crippen LogP contribution in [0.4, 0.5) is 5.82 Å². The van der Waals surface area contributed by atoms with Crippen LogP contribution in [-0.4, -0.2) is 61.8 Å². The molecule has 11 heteroatoms. The number of amides is 2. The molecule has 1 saturated heterocycles. The second kappa shape index (κ2) is 8.88. The summed E-state index contributed by atoms with van der Waals surface area (Å²) in [6.45, 7) is 3.88. The number of primary amides is 1. The Morgan fingerprint density at radius 2 is 2.18 bits per heavy atom. The third-order valence-electron chi connectivity index (χ3n) is 5.19. The van der Waals surface area contributed by atoms with E-state index in [9.17, 15) is 9.59 Å². The van der Waals surface area contributed by atoms with Crippen LogP contribution >= 0.6 is 0 Å². The van der Waals surface area contributed by atoms with E-state index in [4.69, 9.17) is 10.5 Å². The average Bonchev–Trinajstić information content (AvgIpc) is 3.53. The molecule has 3 N–H and O–H groups in total. The zero-order chi connectivity index (χ0) is 23.5. The van der Waals surface area contributed by atoms with Crippen LogP contribution in [0.25, 0.3) is 5.65 Å². The number of hydrogen-bond donors (Lipinski definition) is 2. The first-order valence-corrected chi connectivity index (χ1v) is 10.0. The number of aromatic nitrogens is 5. The Morgan fingerprint density at radius 3 is 2.88 bits per heavy atom. The number of likely N-dealkylation sites (tertiary alicyclic amines) is 1. The van der Waals surface area contributed by atoms with E-state index in [-0.39, 0.29) is 23.2 Å². The maximum atomic E-state index is 12.3. The van der Waals surface area contributed by atoms with Crippen molar-refractivity contribution in [1.29, 1.82) is 0 Å². The lowest BCUT2D eigenvalue weighted by atomic mass is 10.2. The first-order valence-electron chi connectivity index (χ1n) is 10.0. The van der Waals surface area contributed by atoms with Crippen LogP contribution in [-0.2, 0) is 9.53 Å². The van der Waals surface area contributed by atoms with Crippen LogP contribution in [0.5, 0.6) is 0 Å². The van der Waals surface area contributed by atoms with Gasteiger partial charge in [-0.05, 0) is 24.0 Å². The Morgan fingerprint density at radius 1 is 1.36 bits per heavy atom. The third kappa shape index (κ3) is 4.01. The van der Waals surface area contributed by atoms with Crippen molar-refractivity contribution in [2.45, 2.75) is 12.5 Å². The fraction of sp³-hybridized carbons (Fsp3) is 0.227. The molecule has 4 rings (SSSR count). The van der Waals surface area contributed by atoms with Gasteiger partial charge in [0.1, 0.15) is 23.3 Å². The lowest BCUT2D eigenvalue weighted by molar-refractivity contribution is -0.123. The summed E-state index contributed by atoms with van der Waals surface area (Å²) >= 11 is 0. The molecule has 0 bridgehead atoms. The number of ether oxygens (including phenoxy) is 1. The molecule has 11 nitrogen and oxygen atoms in total. The van der Waals surface area contributed by atoms with E-state index in [2.05, 4.69) is 38.9 Å². The van der Waals surface area contributed by atoms with Gasteiger partial charge in [-0.2, -0.15) is 10.2 Å². The third-order valence-corrected chi connectivity index (χ3v) is 5.19. The van der Waals surface area contributed by atoms with Crippen LogP contribution in [0.2, 0.25) is 0 Å². The molecule has 1 aliphatic rings. The van der Waals surface area contributed by atoms with E-state index in [0.29, 0.717) is 35.8 Å². The standard InChI is InChI=1S/C22H22N8O3/c1-4-19(31)28-12-15(11-16(28)13-33-3)30-22(24-2)20(21(23)32)17(27-30)6-5-14-8-10-29-18(26-14)7-9-25-29/h4,7-10,13,15,24H,1,11-12H2,2-3H3,(H2,23,32)/b16-13+/t15-/m0/s1. The van der Waals surface area contributed by atoms with Crippen molar-refractivity contribution in [2.75, 3.05) is 26.0 Å². The number of nitrogens with two attached hydrogens (primary N) is 1. The molecule has 1 atom stereocenters. The number of fused-ring (bicyclic) bond motifs is 1. The largest absolute Gasteiger partial charge is 0.503 e. The highest BCUT2D eigenvalue weighted by molar-refractivity contribution is 6.00. The Balaban J connectivity index is 1.74. The average molecular weight is 446 g/mol. The monoisotopic (exact) mass is 446 g/mol. The summed E-state index contributed by atoms with van der Waals surface area (Å²) in [4.78, 5) is 30.6. The van der Waals surface area contributed by atoms with E-state index in [1.807, 2.05) is 0 Å². The van der Waals surface area contributed by atoms with Gasteiger partial charge in [0.05, 0.1) is 25.0 Å². The van der Waals surface area contributed by atoms with Gasteiger partial charge in [-0.15, -0.1) is 0 Å². The predicted molar refractivity (Wildman–Crippen MR) is 120 cm³/mol. The van der Waals surface area contributed by atoms with Gasteiger partial charge in [-0.25, -0.2) is 14.2 Å². The molecule has 3 aromatic heterocycles. The molecule has 0 aliphatic carbocycles. The molecule has 1 fully saturated rings. The molecule has 1 aliphatic heterocycles. The van der Waals surface area contributed by atoms with Gasteiger partial charge in [-0.1, -0.05) is 6.58 Å². The lowest BCUT2D eigenvalue weighted by Crippen LogP contribution is -2.27. The normalized spacial score (nSPS) is 16.5. The van der Waals surface area contributed by atoms with Crippen molar-refractivity contribution in [2.24, 2.45) is 5.73 Å². The fourth-order valence-electron chi connectivity index (χ4n) is 3.76. The molecule has 0 spiro atoms. The minimum Gasteiger partial charge on any atom is -0.503 e. The number of methoxy groups -OCH3 is 1. The van der Waals surface area contributed by atoms with Gasteiger partial charge in [0.2, 0.25) is 5.91 Å². The molecule has 0 radical (unpaired) electrons. The second-order valence-corrected chi connectivity index (χ2v) is 7.18. The molecule has 3 aromatic rings. The molecular weight excluding hydrogens is 424 g/mol. The number of hydrogen-bond acceptors (Lipinski definition) is 7. The summed E-state index contributed by atoms with van der Waals surface area (Å²) in [6, 6.07) is 3.20. The molecule has 2 amide bonds. The molecule has 0 saturated carbocycles. The maximum Gasteiger partial charge on any atom is 0.255 e. The minimum absolute atomic E-state index is 0.168. The van der Waals surface area contributed by atoms with Crippen molar-refractivity contribution in [3.63, 3.8) is 0 Å². The zero-order valence-corrected chi connectivity index (χ0v) is 18.1. The van der Waals surface area contributed by atoms with E-state index < -0.39 is 5.91 Å². The van der Waals surface area contributed by atoms with Crippen LogP contribution in [0.3, 0.4) is 0 Å². The van der Waals surface area contributed by atoms with Crippen molar-refractivity contribution >= 4 is 23.3 Å². The highest BCUT2D eigenvalue weighted by Gasteiger charge is 2.35. The predicted octanol–water partition coefficient (Wildman–Crippen LogP) is 0.913. The van der Waals surface area contributed by atoms with Crippen LogP contribution in [0.1, 0.15) is 34.2 Å². The van der Waals surface area contributed by atoms with Crippen molar-refractivity contribution < 1.29 is 14.3 Å². The zero-order valence-electron chi connectivity index (χ0n) is 18.1. The fourth-order valence-corrected chi connectivity index (χ4v) is 3.76. The van der Waals surface area contributed by atoms with Gasteiger partial charge >= 0.3 is 0 Å². The van der Waals surface area contributed by atoms with Crippen LogP contribution in [0, 0.1) is 11.8 Å². The number of nitrogens with one attached hydrogen (secondary N) is 1. The highest BCUT2D eigenvalue weighted by atomic mass is 16.5. The highest BCUT2D eigenvalue weighted by Crippen LogP contribution is 2.34. The number of allylic oxidation sites excluding steroid dienone is 1. The summed E-state index contributed by atoms with van der Waals surface area (Å²) in [5.41, 5.74) is 7.87. The molecular formula is C22H22N8O3. The van der Waals surface area contributed by atoms with Gasteiger partial charge in [-0.3, -0.25) is 9.59 Å². The Labute approximate surface area is 189 Å². The number of carbonyl (C=O) groups excluding carboxylic acids is 2. The van der Waals surface area contributed by atoms with E-state index in [1.54, 1.807) is 45.7 Å². The summed E-state index contributed by atoms with van der Waals surface area (Å²) in [7, 11) is 3.18. The van der Waals surface area contributed by atoms with Crippen LogP contribution in [0.15, 0.2) is 49.1 Å². The van der Waals surface area contributed by atoms with E-state index in [1.165, 1.54) is 19.4 Å². The lowest BCUT2D eigenvalue weighted by Gasteiger charge is -2.16. The minimum atomic E-state index is -0.668. The second-order valence-electron chi connectivity index (χ2n) is 7.18. The summed E-state index contributed by atoms with van der Waals surface area (Å²) in [5, 5.41) is 11.7. The van der Waals surface area contributed by atoms with Gasteiger partial charge in [0, 0.05) is 32.3 Å². The number of nitrogens with zero attached hydrogens (tertiary/aromatic N) is 6. The van der Waals surface area contributed by atoms with Gasteiger partial charge < -0.3 is 20.7 Å². The molecule has 0 unspecified atom stereocenters. The maximum absolute atomic E-state index is 12.3. The Hall–Kier alpha value is -4.59. The number of anilines is 1. The van der Waals surface area contributed by atoms with Gasteiger partial charge in [0.25, 0.3) is 5.91 Å². The number of rotatable bonds is 5. The molecule has 4 heterocycles. The molecule has 168 valence electrons. The van der Waals surface area contributed by atoms with Crippen LogP contribution < -0.4 is 11.1 Å².